The van der Waals surface area contributed by atoms with E-state index in [0.717, 1.165) is 22.6 Å². The number of nitrogens with one attached hydrogen (secondary N) is 1. The molecule has 3 rings (SSSR count). The lowest BCUT2D eigenvalue weighted by Crippen LogP contribution is -2.22. The second kappa shape index (κ2) is 4.78. The maximum atomic E-state index is 12.2. The van der Waals surface area contributed by atoms with Gasteiger partial charge in [-0.25, -0.2) is 4.98 Å². The summed E-state index contributed by atoms with van der Waals surface area (Å²) in [4.78, 5) is 19.8. The standard InChI is InChI=1S/C16H18N2O2/c1-9(2)14-10(3)17-15(18-16(14)19)12-8-20-13-7-5-4-6-11(12)13/h4-7,9,12H,8H2,1-3H3,(H,17,18,19). The van der Waals surface area contributed by atoms with Crippen LogP contribution in [-0.2, 0) is 0 Å². The predicted molar refractivity (Wildman–Crippen MR) is 77.5 cm³/mol. The van der Waals surface area contributed by atoms with E-state index in [-0.39, 0.29) is 17.4 Å². The first-order chi connectivity index (χ1) is 9.58. The summed E-state index contributed by atoms with van der Waals surface area (Å²) in [5.41, 5.74) is 2.63. The predicted octanol–water partition coefficient (Wildman–Crippen LogP) is 2.73. The highest BCUT2D eigenvalue weighted by molar-refractivity contribution is 5.43. The van der Waals surface area contributed by atoms with Gasteiger partial charge in [0.15, 0.2) is 0 Å². The van der Waals surface area contributed by atoms with Crippen molar-refractivity contribution in [3.05, 3.63) is 57.3 Å². The Morgan fingerprint density at radius 3 is 2.80 bits per heavy atom. The molecule has 0 saturated heterocycles. The largest absolute Gasteiger partial charge is 0.492 e. The van der Waals surface area contributed by atoms with Gasteiger partial charge < -0.3 is 9.72 Å². The number of aryl methyl sites for hydroxylation is 1. The Morgan fingerprint density at radius 2 is 2.10 bits per heavy atom. The highest BCUT2D eigenvalue weighted by atomic mass is 16.5. The molecule has 1 aromatic heterocycles. The molecule has 1 aliphatic heterocycles. The number of rotatable bonds is 2. The van der Waals surface area contributed by atoms with E-state index in [9.17, 15) is 4.79 Å². The lowest BCUT2D eigenvalue weighted by Gasteiger charge is -2.13. The third-order valence-electron chi connectivity index (χ3n) is 3.77. The molecule has 1 atom stereocenters. The second-order valence-electron chi connectivity index (χ2n) is 5.51. The first-order valence-corrected chi connectivity index (χ1v) is 6.90. The molecule has 0 amide bonds. The molecule has 20 heavy (non-hydrogen) atoms. The molecule has 2 heterocycles. The molecule has 0 radical (unpaired) electrons. The summed E-state index contributed by atoms with van der Waals surface area (Å²) in [5, 5.41) is 0. The van der Waals surface area contributed by atoms with Crippen molar-refractivity contribution < 1.29 is 4.74 Å². The Morgan fingerprint density at radius 1 is 1.35 bits per heavy atom. The molecule has 0 saturated carbocycles. The zero-order valence-electron chi connectivity index (χ0n) is 11.9. The van der Waals surface area contributed by atoms with E-state index in [4.69, 9.17) is 4.74 Å². The fourth-order valence-electron chi connectivity index (χ4n) is 2.85. The zero-order valence-corrected chi connectivity index (χ0v) is 11.9. The Bertz CT molecular complexity index is 704. The molecule has 1 aromatic carbocycles. The number of hydrogen-bond acceptors (Lipinski definition) is 3. The van der Waals surface area contributed by atoms with Crippen molar-refractivity contribution in [2.45, 2.75) is 32.6 Å². The van der Waals surface area contributed by atoms with E-state index >= 15 is 0 Å². The molecule has 0 aliphatic carbocycles. The number of benzene rings is 1. The molecule has 0 bridgehead atoms. The van der Waals surface area contributed by atoms with Crippen molar-refractivity contribution in [3.8, 4) is 5.75 Å². The molecule has 1 aliphatic rings. The lowest BCUT2D eigenvalue weighted by atomic mass is 9.99. The quantitative estimate of drug-likeness (QED) is 0.913. The summed E-state index contributed by atoms with van der Waals surface area (Å²) in [6, 6.07) is 7.90. The van der Waals surface area contributed by atoms with E-state index in [1.165, 1.54) is 0 Å². The van der Waals surface area contributed by atoms with Crippen molar-refractivity contribution in [3.63, 3.8) is 0 Å². The molecule has 0 spiro atoms. The molecule has 1 unspecified atom stereocenters. The van der Waals surface area contributed by atoms with Crippen molar-refractivity contribution in [2.24, 2.45) is 0 Å². The third kappa shape index (κ3) is 2.01. The number of H-pyrrole nitrogens is 1. The smallest absolute Gasteiger partial charge is 0.254 e. The van der Waals surface area contributed by atoms with Gasteiger partial charge in [-0.2, -0.15) is 0 Å². The molecule has 0 fully saturated rings. The maximum Gasteiger partial charge on any atom is 0.254 e. The second-order valence-corrected chi connectivity index (χ2v) is 5.51. The molecule has 2 aromatic rings. The van der Waals surface area contributed by atoms with Gasteiger partial charge in [-0.05, 0) is 18.9 Å². The average Bonchev–Trinajstić information content (AvgIpc) is 2.81. The molecule has 4 heteroatoms. The first-order valence-electron chi connectivity index (χ1n) is 6.90. The lowest BCUT2D eigenvalue weighted by molar-refractivity contribution is 0.339. The Labute approximate surface area is 117 Å². The van der Waals surface area contributed by atoms with Crippen molar-refractivity contribution in [1.82, 2.24) is 9.97 Å². The third-order valence-corrected chi connectivity index (χ3v) is 3.77. The summed E-state index contributed by atoms with van der Waals surface area (Å²) in [7, 11) is 0. The summed E-state index contributed by atoms with van der Waals surface area (Å²) >= 11 is 0. The minimum atomic E-state index is -0.0353. The Kier molecular flexibility index (Phi) is 3.08. The van der Waals surface area contributed by atoms with E-state index < -0.39 is 0 Å². The van der Waals surface area contributed by atoms with E-state index in [1.54, 1.807) is 0 Å². The van der Waals surface area contributed by atoms with Crippen LogP contribution in [0.25, 0.3) is 0 Å². The van der Waals surface area contributed by atoms with Gasteiger partial charge in [-0.3, -0.25) is 4.79 Å². The van der Waals surface area contributed by atoms with Crippen LogP contribution < -0.4 is 10.3 Å². The SMILES string of the molecule is Cc1nc(C2COc3ccccc32)[nH]c(=O)c1C(C)C. The molecule has 104 valence electrons. The van der Waals surface area contributed by atoms with Gasteiger partial charge >= 0.3 is 0 Å². The van der Waals surface area contributed by atoms with Crippen LogP contribution in [0.15, 0.2) is 29.1 Å². The normalized spacial score (nSPS) is 17.1. The Hall–Kier alpha value is -2.10. The van der Waals surface area contributed by atoms with E-state index in [1.807, 2.05) is 45.0 Å². The fourth-order valence-corrected chi connectivity index (χ4v) is 2.85. The summed E-state index contributed by atoms with van der Waals surface area (Å²) < 4.78 is 5.66. The van der Waals surface area contributed by atoms with Gasteiger partial charge in [0.05, 0.1) is 5.92 Å². The Balaban J connectivity index is 2.07. The van der Waals surface area contributed by atoms with Gasteiger partial charge in [-0.1, -0.05) is 32.0 Å². The topological polar surface area (TPSA) is 55.0 Å². The van der Waals surface area contributed by atoms with Crippen molar-refractivity contribution in [1.29, 1.82) is 0 Å². The maximum absolute atomic E-state index is 12.2. The monoisotopic (exact) mass is 270 g/mol. The van der Waals surface area contributed by atoms with E-state index in [0.29, 0.717) is 12.4 Å². The molecule has 4 nitrogen and oxygen atoms in total. The van der Waals surface area contributed by atoms with Gasteiger partial charge in [0.2, 0.25) is 0 Å². The molecular formula is C16H18N2O2. The minimum absolute atomic E-state index is 0.0128. The van der Waals surface area contributed by atoms with Crippen molar-refractivity contribution >= 4 is 0 Å². The highest BCUT2D eigenvalue weighted by Crippen LogP contribution is 2.36. The van der Waals surface area contributed by atoms with Crippen LogP contribution in [0.1, 0.15) is 48.3 Å². The van der Waals surface area contributed by atoms with Crippen LogP contribution in [-0.4, -0.2) is 16.6 Å². The number of para-hydroxylation sites is 1. The summed E-state index contributed by atoms with van der Waals surface area (Å²) in [6.45, 7) is 6.44. The van der Waals surface area contributed by atoms with Gasteiger partial charge in [-0.15, -0.1) is 0 Å². The average molecular weight is 270 g/mol. The van der Waals surface area contributed by atoms with Crippen LogP contribution in [0, 0.1) is 6.92 Å². The van der Waals surface area contributed by atoms with Crippen molar-refractivity contribution in [2.75, 3.05) is 6.61 Å². The van der Waals surface area contributed by atoms with Crippen LogP contribution in [0.4, 0.5) is 0 Å². The number of nitrogens with zero attached hydrogens (tertiary/aromatic N) is 1. The highest BCUT2D eigenvalue weighted by Gasteiger charge is 2.28. The van der Waals surface area contributed by atoms with Crippen LogP contribution in [0.2, 0.25) is 0 Å². The van der Waals surface area contributed by atoms with Crippen LogP contribution in [0.3, 0.4) is 0 Å². The number of fused-ring (bicyclic) bond motifs is 1. The summed E-state index contributed by atoms with van der Waals surface area (Å²) in [5.74, 6) is 1.76. The van der Waals surface area contributed by atoms with Gasteiger partial charge in [0.25, 0.3) is 5.56 Å². The van der Waals surface area contributed by atoms with Gasteiger partial charge in [0, 0.05) is 16.8 Å². The van der Waals surface area contributed by atoms with Crippen LogP contribution >= 0.6 is 0 Å². The fraction of sp³-hybridized carbons (Fsp3) is 0.375. The number of aromatic nitrogens is 2. The number of ether oxygens (including phenoxy) is 1. The van der Waals surface area contributed by atoms with Crippen LogP contribution in [0.5, 0.6) is 5.75 Å². The van der Waals surface area contributed by atoms with Gasteiger partial charge in [0.1, 0.15) is 18.2 Å². The number of aromatic amines is 1. The molecule has 1 N–H and O–H groups in total. The molecular weight excluding hydrogens is 252 g/mol. The zero-order chi connectivity index (χ0) is 14.3. The minimum Gasteiger partial charge on any atom is -0.492 e. The summed E-state index contributed by atoms with van der Waals surface area (Å²) in [6.07, 6.45) is 0. The first kappa shape index (κ1) is 12.9. The number of hydrogen-bond donors (Lipinski definition) is 1. The van der Waals surface area contributed by atoms with E-state index in [2.05, 4.69) is 9.97 Å².